The van der Waals surface area contributed by atoms with Gasteiger partial charge in [0.1, 0.15) is 6.61 Å². The molecule has 1 heterocycles. The second kappa shape index (κ2) is 11.1. The number of hydrogen-bond donors (Lipinski definition) is 1. The zero-order valence-corrected chi connectivity index (χ0v) is 20.9. The highest BCUT2D eigenvalue weighted by Crippen LogP contribution is 2.38. The smallest absolute Gasteiger partial charge is 0.363 e. The molecule has 8 heteroatoms. The maximum atomic E-state index is 12.5. The molecule has 3 aromatic carbocycles. The number of aryl methyl sites for hydroxylation is 1. The van der Waals surface area contributed by atoms with Crippen LogP contribution < -0.4 is 14.8 Å². The average Bonchev–Trinajstić information content (AvgIpc) is 3.20. The molecule has 0 aliphatic carbocycles. The molecule has 0 fully saturated rings. The molecule has 7 nitrogen and oxygen atoms in total. The highest BCUT2D eigenvalue weighted by molar-refractivity contribution is 6.32. The van der Waals surface area contributed by atoms with Crippen molar-refractivity contribution in [1.82, 2.24) is 0 Å². The quantitative estimate of drug-likeness (QED) is 0.303. The van der Waals surface area contributed by atoms with Gasteiger partial charge in [0.25, 0.3) is 0 Å². The van der Waals surface area contributed by atoms with Crippen LogP contribution in [0.25, 0.3) is 6.08 Å². The van der Waals surface area contributed by atoms with E-state index in [1.807, 2.05) is 38.1 Å². The van der Waals surface area contributed by atoms with Gasteiger partial charge >= 0.3 is 5.97 Å². The number of aliphatic imine (C=N–C) groups is 1. The van der Waals surface area contributed by atoms with Crippen LogP contribution in [0.1, 0.15) is 36.1 Å². The van der Waals surface area contributed by atoms with Crippen LogP contribution in [-0.4, -0.2) is 24.4 Å². The fraction of sp³-hybridized carbons (Fsp3) is 0.179. The van der Waals surface area contributed by atoms with Crippen LogP contribution in [0.5, 0.6) is 11.5 Å². The van der Waals surface area contributed by atoms with Crippen LogP contribution in [0, 0.1) is 6.92 Å². The van der Waals surface area contributed by atoms with Crippen molar-refractivity contribution < 1.29 is 23.8 Å². The van der Waals surface area contributed by atoms with Crippen molar-refractivity contribution in [2.24, 2.45) is 4.99 Å². The molecule has 0 radical (unpaired) electrons. The van der Waals surface area contributed by atoms with E-state index in [9.17, 15) is 9.59 Å². The van der Waals surface area contributed by atoms with E-state index in [4.69, 9.17) is 25.8 Å². The first-order valence-electron chi connectivity index (χ1n) is 11.4. The predicted octanol–water partition coefficient (Wildman–Crippen LogP) is 5.93. The third-order valence-corrected chi connectivity index (χ3v) is 5.49. The summed E-state index contributed by atoms with van der Waals surface area (Å²) in [4.78, 5) is 28.0. The summed E-state index contributed by atoms with van der Waals surface area (Å²) in [6.45, 7) is 6.07. The molecule has 1 amide bonds. The van der Waals surface area contributed by atoms with Gasteiger partial charge in [-0.15, -0.1) is 0 Å². The molecule has 0 saturated heterocycles. The lowest BCUT2D eigenvalue weighted by Gasteiger charge is -2.14. The maximum Gasteiger partial charge on any atom is 0.363 e. The summed E-state index contributed by atoms with van der Waals surface area (Å²) in [5.74, 6) is 0.320. The van der Waals surface area contributed by atoms with Crippen molar-refractivity contribution in [2.45, 2.75) is 27.4 Å². The lowest BCUT2D eigenvalue weighted by Crippen LogP contribution is -2.07. The fourth-order valence-electron chi connectivity index (χ4n) is 3.50. The normalized spacial score (nSPS) is 13.8. The summed E-state index contributed by atoms with van der Waals surface area (Å²) in [7, 11) is 0. The van der Waals surface area contributed by atoms with Crippen LogP contribution in [-0.2, 0) is 20.9 Å². The number of benzene rings is 3. The van der Waals surface area contributed by atoms with E-state index in [1.54, 1.807) is 42.5 Å². The van der Waals surface area contributed by atoms with Crippen molar-refractivity contribution in [3.63, 3.8) is 0 Å². The SMILES string of the molecule is CCOc1cc(/C=C2\N=C(c3ccc(NC(C)=O)cc3)OC2=O)cc(Cl)c1OCc1ccc(C)cc1. The van der Waals surface area contributed by atoms with Gasteiger partial charge in [0, 0.05) is 18.2 Å². The Kier molecular flexibility index (Phi) is 7.71. The van der Waals surface area contributed by atoms with Crippen molar-refractivity contribution in [1.29, 1.82) is 0 Å². The van der Waals surface area contributed by atoms with Gasteiger partial charge in [-0.3, -0.25) is 4.79 Å². The van der Waals surface area contributed by atoms with E-state index in [2.05, 4.69) is 10.3 Å². The number of esters is 1. The molecular formula is C28H25ClN2O5. The van der Waals surface area contributed by atoms with Crippen molar-refractivity contribution in [2.75, 3.05) is 11.9 Å². The summed E-state index contributed by atoms with van der Waals surface area (Å²) >= 11 is 6.54. The highest BCUT2D eigenvalue weighted by Gasteiger charge is 2.24. The molecule has 1 N–H and O–H groups in total. The predicted molar refractivity (Wildman–Crippen MR) is 139 cm³/mol. The van der Waals surface area contributed by atoms with Gasteiger partial charge < -0.3 is 19.5 Å². The van der Waals surface area contributed by atoms with Gasteiger partial charge in [-0.05, 0) is 67.4 Å². The molecule has 36 heavy (non-hydrogen) atoms. The van der Waals surface area contributed by atoms with E-state index in [0.29, 0.717) is 46.5 Å². The van der Waals surface area contributed by atoms with Crippen LogP contribution in [0.3, 0.4) is 0 Å². The minimum absolute atomic E-state index is 0.128. The van der Waals surface area contributed by atoms with Crippen molar-refractivity contribution in [3.8, 4) is 11.5 Å². The number of cyclic esters (lactones) is 1. The number of halogens is 1. The Hall–Kier alpha value is -4.10. The van der Waals surface area contributed by atoms with Crippen molar-refractivity contribution in [3.05, 3.63) is 93.6 Å². The molecule has 184 valence electrons. The van der Waals surface area contributed by atoms with Gasteiger partial charge in [0.15, 0.2) is 17.2 Å². The first-order chi connectivity index (χ1) is 17.3. The Bertz CT molecular complexity index is 1350. The summed E-state index contributed by atoms with van der Waals surface area (Å²) in [5, 5.41) is 3.04. The lowest BCUT2D eigenvalue weighted by atomic mass is 10.1. The maximum absolute atomic E-state index is 12.5. The Morgan fingerprint density at radius 3 is 2.47 bits per heavy atom. The van der Waals surface area contributed by atoms with Gasteiger partial charge in [-0.1, -0.05) is 41.4 Å². The van der Waals surface area contributed by atoms with Crippen LogP contribution in [0.2, 0.25) is 5.02 Å². The third kappa shape index (κ3) is 6.12. The Labute approximate surface area is 214 Å². The molecule has 0 unspecified atom stereocenters. The van der Waals surface area contributed by atoms with Crippen molar-refractivity contribution >= 4 is 41.1 Å². The Morgan fingerprint density at radius 2 is 1.81 bits per heavy atom. The van der Waals surface area contributed by atoms with Crippen LogP contribution in [0.15, 0.2) is 71.4 Å². The molecule has 4 rings (SSSR count). The third-order valence-electron chi connectivity index (χ3n) is 5.21. The van der Waals surface area contributed by atoms with Gasteiger partial charge in [-0.2, -0.15) is 0 Å². The van der Waals surface area contributed by atoms with Crippen LogP contribution in [0.4, 0.5) is 5.69 Å². The molecule has 1 aliphatic heterocycles. The van der Waals surface area contributed by atoms with E-state index in [0.717, 1.165) is 5.56 Å². The number of hydrogen-bond acceptors (Lipinski definition) is 6. The molecule has 0 aromatic heterocycles. The molecular weight excluding hydrogens is 480 g/mol. The van der Waals surface area contributed by atoms with Gasteiger partial charge in [-0.25, -0.2) is 9.79 Å². The first kappa shape index (κ1) is 25.0. The molecule has 0 saturated carbocycles. The van der Waals surface area contributed by atoms with E-state index >= 15 is 0 Å². The number of ether oxygens (including phenoxy) is 3. The number of amides is 1. The standard InChI is InChI=1S/C28H25ClN2O5/c1-4-34-25-15-20(13-23(29)26(25)35-16-19-7-5-17(2)6-8-19)14-24-28(33)36-27(31-24)21-9-11-22(12-10-21)30-18(3)32/h5-15H,4,16H2,1-3H3,(H,30,32)/b24-14-. The van der Waals surface area contributed by atoms with E-state index < -0.39 is 5.97 Å². The molecule has 3 aromatic rings. The monoisotopic (exact) mass is 504 g/mol. The first-order valence-corrected chi connectivity index (χ1v) is 11.8. The number of carbonyl (C=O) groups is 2. The summed E-state index contributed by atoms with van der Waals surface area (Å²) in [6, 6.07) is 18.3. The average molecular weight is 505 g/mol. The molecule has 1 aliphatic rings. The zero-order chi connectivity index (χ0) is 25.7. The summed E-state index contributed by atoms with van der Waals surface area (Å²) in [6.07, 6.45) is 1.58. The fourth-order valence-corrected chi connectivity index (χ4v) is 3.78. The zero-order valence-electron chi connectivity index (χ0n) is 20.1. The largest absolute Gasteiger partial charge is 0.490 e. The Balaban J connectivity index is 1.56. The summed E-state index contributed by atoms with van der Waals surface area (Å²) < 4.78 is 17.1. The number of nitrogens with one attached hydrogen (secondary N) is 1. The number of carbonyl (C=O) groups excluding carboxylic acids is 2. The number of rotatable bonds is 8. The number of nitrogens with zero attached hydrogens (tertiary/aromatic N) is 1. The highest BCUT2D eigenvalue weighted by atomic mass is 35.5. The van der Waals surface area contributed by atoms with Gasteiger partial charge in [0.2, 0.25) is 11.8 Å². The number of anilines is 1. The van der Waals surface area contributed by atoms with Crippen LogP contribution >= 0.6 is 11.6 Å². The van der Waals surface area contributed by atoms with E-state index in [-0.39, 0.29) is 17.5 Å². The minimum atomic E-state index is -0.579. The second-order valence-corrected chi connectivity index (χ2v) is 8.54. The second-order valence-electron chi connectivity index (χ2n) is 8.13. The minimum Gasteiger partial charge on any atom is -0.490 e. The van der Waals surface area contributed by atoms with Gasteiger partial charge in [0.05, 0.1) is 11.6 Å². The molecule has 0 spiro atoms. The Morgan fingerprint density at radius 1 is 1.08 bits per heavy atom. The lowest BCUT2D eigenvalue weighted by molar-refractivity contribution is -0.129. The summed E-state index contributed by atoms with van der Waals surface area (Å²) in [5.41, 5.74) is 4.16. The van der Waals surface area contributed by atoms with E-state index in [1.165, 1.54) is 12.5 Å². The molecule has 0 bridgehead atoms. The topological polar surface area (TPSA) is 86.2 Å². The molecule has 0 atom stereocenters.